The molecular formula is C27H30N6O2. The molecule has 4 aromatic rings. The quantitative estimate of drug-likeness (QED) is 0.464. The number of aromatic nitrogens is 5. The Labute approximate surface area is 203 Å². The standard InChI is InChI=1S/C27H30N6O2/c1-3-18-5-8-27(6-2-7-27)35-22(18)19(4-1)21-20-23(31-30-21)29-25(33-15-12-28-24(20)33)32-13-9-26(10-14-32)11-16-34-17-26/h1,3-4,12,15H,2,5-11,13-14,16-17H2,(H,30,31). The lowest BCUT2D eigenvalue weighted by Crippen LogP contribution is -2.45. The Bertz CT molecular complexity index is 1430. The number of anilines is 1. The molecule has 4 aliphatic rings. The Morgan fingerprint density at radius 1 is 1.03 bits per heavy atom. The van der Waals surface area contributed by atoms with Crippen LogP contribution in [0.2, 0.25) is 0 Å². The molecule has 3 fully saturated rings. The van der Waals surface area contributed by atoms with Crippen molar-refractivity contribution in [2.75, 3.05) is 31.2 Å². The number of H-pyrrole nitrogens is 1. The summed E-state index contributed by atoms with van der Waals surface area (Å²) in [4.78, 5) is 12.2. The molecule has 0 unspecified atom stereocenters. The van der Waals surface area contributed by atoms with E-state index >= 15 is 0 Å². The first-order valence-electron chi connectivity index (χ1n) is 13.1. The van der Waals surface area contributed by atoms with Gasteiger partial charge in [0.2, 0.25) is 5.95 Å². The summed E-state index contributed by atoms with van der Waals surface area (Å²) in [6.07, 6.45) is 13.1. The summed E-state index contributed by atoms with van der Waals surface area (Å²) in [7, 11) is 0. The summed E-state index contributed by atoms with van der Waals surface area (Å²) < 4.78 is 14.6. The molecule has 8 nitrogen and oxygen atoms in total. The second kappa shape index (κ2) is 7.20. The largest absolute Gasteiger partial charge is 0.486 e. The van der Waals surface area contributed by atoms with Crippen molar-refractivity contribution < 1.29 is 9.47 Å². The maximum absolute atomic E-state index is 6.70. The number of piperidine rings is 1. The van der Waals surface area contributed by atoms with E-state index in [0.29, 0.717) is 11.1 Å². The number of fused-ring (bicyclic) bond motifs is 4. The number of hydrogen-bond acceptors (Lipinski definition) is 6. The highest BCUT2D eigenvalue weighted by molar-refractivity contribution is 6.02. The first-order chi connectivity index (χ1) is 17.2. The average Bonchev–Trinajstić information content (AvgIpc) is 3.62. The maximum atomic E-state index is 6.70. The molecule has 3 aromatic heterocycles. The topological polar surface area (TPSA) is 80.6 Å². The average molecular weight is 471 g/mol. The molecule has 1 N–H and O–H groups in total. The van der Waals surface area contributed by atoms with Crippen LogP contribution in [-0.2, 0) is 11.2 Å². The van der Waals surface area contributed by atoms with Crippen LogP contribution in [0.25, 0.3) is 27.9 Å². The first kappa shape index (κ1) is 20.1. The van der Waals surface area contributed by atoms with Gasteiger partial charge >= 0.3 is 0 Å². The van der Waals surface area contributed by atoms with E-state index in [0.717, 1.165) is 98.8 Å². The van der Waals surface area contributed by atoms with Gasteiger partial charge in [-0.3, -0.25) is 9.50 Å². The molecule has 8 rings (SSSR count). The summed E-state index contributed by atoms with van der Waals surface area (Å²) in [5.41, 5.74) is 5.29. The molecule has 35 heavy (non-hydrogen) atoms. The minimum Gasteiger partial charge on any atom is -0.486 e. The fourth-order valence-electron chi connectivity index (χ4n) is 6.72. The Kier molecular flexibility index (Phi) is 4.13. The van der Waals surface area contributed by atoms with Crippen molar-refractivity contribution in [3.8, 4) is 17.0 Å². The van der Waals surface area contributed by atoms with Gasteiger partial charge < -0.3 is 14.4 Å². The lowest BCUT2D eigenvalue weighted by atomic mass is 9.74. The SMILES string of the molecule is c1cc2c(c(-c3[nH]nc4nc(N5CCC6(CCOC6)CC5)n5ccnc5c34)c1)OC1(CCC1)CC2. The zero-order valence-electron chi connectivity index (χ0n) is 19.9. The summed E-state index contributed by atoms with van der Waals surface area (Å²) >= 11 is 0. The molecule has 2 saturated heterocycles. The highest BCUT2D eigenvalue weighted by Gasteiger charge is 2.43. The highest BCUT2D eigenvalue weighted by atomic mass is 16.5. The molecule has 1 saturated carbocycles. The highest BCUT2D eigenvalue weighted by Crippen LogP contribution is 2.49. The van der Waals surface area contributed by atoms with Crippen molar-refractivity contribution in [1.29, 1.82) is 0 Å². The number of nitrogens with one attached hydrogen (secondary N) is 1. The second-order valence-electron chi connectivity index (χ2n) is 11.1. The zero-order valence-corrected chi connectivity index (χ0v) is 19.9. The third kappa shape index (κ3) is 2.92. The molecule has 1 aliphatic carbocycles. The molecule has 8 heteroatoms. The van der Waals surface area contributed by atoms with Crippen molar-refractivity contribution in [3.63, 3.8) is 0 Å². The van der Waals surface area contributed by atoms with Crippen molar-refractivity contribution in [3.05, 3.63) is 36.2 Å². The normalized spacial score (nSPS) is 22.6. The van der Waals surface area contributed by atoms with E-state index in [1.807, 2.05) is 12.4 Å². The number of nitrogens with zero attached hydrogens (tertiary/aromatic N) is 5. The number of ether oxygens (including phenoxy) is 2. The van der Waals surface area contributed by atoms with Crippen molar-refractivity contribution in [2.45, 2.75) is 57.0 Å². The van der Waals surface area contributed by atoms with Crippen molar-refractivity contribution in [1.82, 2.24) is 24.6 Å². The van der Waals surface area contributed by atoms with Gasteiger partial charge in [-0.15, -0.1) is 0 Å². The number of benzene rings is 1. The molecule has 0 amide bonds. The lowest BCUT2D eigenvalue weighted by molar-refractivity contribution is -0.0244. The summed E-state index contributed by atoms with van der Waals surface area (Å²) in [6.45, 7) is 3.77. The number of aryl methyl sites for hydroxylation is 1. The van der Waals surface area contributed by atoms with E-state index < -0.39 is 0 Å². The Hall–Kier alpha value is -3.13. The van der Waals surface area contributed by atoms with E-state index in [-0.39, 0.29) is 5.60 Å². The van der Waals surface area contributed by atoms with Crippen LogP contribution in [0, 0.1) is 5.41 Å². The van der Waals surface area contributed by atoms with Crippen LogP contribution in [0.3, 0.4) is 0 Å². The molecule has 0 bridgehead atoms. The maximum Gasteiger partial charge on any atom is 0.213 e. The predicted molar refractivity (Wildman–Crippen MR) is 133 cm³/mol. The van der Waals surface area contributed by atoms with Gasteiger partial charge in [-0.1, -0.05) is 12.1 Å². The van der Waals surface area contributed by atoms with E-state index in [2.05, 4.69) is 37.7 Å². The van der Waals surface area contributed by atoms with Gasteiger partial charge in [0, 0.05) is 37.7 Å². The van der Waals surface area contributed by atoms with Crippen LogP contribution in [0.1, 0.15) is 50.5 Å². The number of imidazole rings is 1. The van der Waals surface area contributed by atoms with Crippen LogP contribution >= 0.6 is 0 Å². The van der Waals surface area contributed by atoms with E-state index in [9.17, 15) is 0 Å². The Balaban J connectivity index is 1.22. The van der Waals surface area contributed by atoms with Gasteiger partial charge in [0.05, 0.1) is 17.7 Å². The molecule has 2 spiro atoms. The van der Waals surface area contributed by atoms with Gasteiger partial charge in [0.25, 0.3) is 0 Å². The predicted octanol–water partition coefficient (Wildman–Crippen LogP) is 4.53. The van der Waals surface area contributed by atoms with Gasteiger partial charge in [0.1, 0.15) is 11.4 Å². The van der Waals surface area contributed by atoms with E-state index in [1.165, 1.54) is 18.4 Å². The third-order valence-corrected chi connectivity index (χ3v) is 9.12. The van der Waals surface area contributed by atoms with Crippen molar-refractivity contribution >= 4 is 22.6 Å². The fraction of sp³-hybridized carbons (Fsp3) is 0.519. The number of aromatic amines is 1. The van der Waals surface area contributed by atoms with Gasteiger partial charge in [-0.2, -0.15) is 10.1 Å². The minimum absolute atomic E-state index is 0.0307. The van der Waals surface area contributed by atoms with Crippen molar-refractivity contribution in [2.24, 2.45) is 5.41 Å². The first-order valence-corrected chi connectivity index (χ1v) is 13.1. The number of hydrogen-bond donors (Lipinski definition) is 1. The van der Waals surface area contributed by atoms with Crippen LogP contribution in [0.5, 0.6) is 5.75 Å². The Morgan fingerprint density at radius 2 is 1.94 bits per heavy atom. The van der Waals surface area contributed by atoms with Crippen LogP contribution in [-0.4, -0.2) is 56.5 Å². The molecule has 3 aliphatic heterocycles. The van der Waals surface area contributed by atoms with Gasteiger partial charge in [0.15, 0.2) is 11.3 Å². The molecule has 0 radical (unpaired) electrons. The smallest absolute Gasteiger partial charge is 0.213 e. The fourth-order valence-corrected chi connectivity index (χ4v) is 6.72. The molecule has 6 heterocycles. The van der Waals surface area contributed by atoms with E-state index in [1.54, 1.807) is 0 Å². The molecular weight excluding hydrogens is 440 g/mol. The number of para-hydroxylation sites is 1. The van der Waals surface area contributed by atoms with Crippen LogP contribution in [0.15, 0.2) is 30.6 Å². The monoisotopic (exact) mass is 470 g/mol. The summed E-state index contributed by atoms with van der Waals surface area (Å²) in [5, 5.41) is 8.95. The summed E-state index contributed by atoms with van der Waals surface area (Å²) in [5.74, 6) is 1.94. The second-order valence-corrected chi connectivity index (χ2v) is 11.1. The Morgan fingerprint density at radius 3 is 2.74 bits per heavy atom. The lowest BCUT2D eigenvalue weighted by Gasteiger charge is -2.45. The molecule has 180 valence electrons. The molecule has 0 atom stereocenters. The van der Waals surface area contributed by atoms with E-state index in [4.69, 9.17) is 19.4 Å². The zero-order chi connectivity index (χ0) is 23.0. The third-order valence-electron chi connectivity index (χ3n) is 9.12. The van der Waals surface area contributed by atoms with Crippen LogP contribution in [0.4, 0.5) is 5.95 Å². The number of rotatable bonds is 2. The van der Waals surface area contributed by atoms with Gasteiger partial charge in [-0.25, -0.2) is 4.98 Å². The summed E-state index contributed by atoms with van der Waals surface area (Å²) in [6, 6.07) is 6.47. The molecule has 1 aromatic carbocycles. The van der Waals surface area contributed by atoms with Gasteiger partial charge in [-0.05, 0) is 68.4 Å². The minimum atomic E-state index is 0.0307. The van der Waals surface area contributed by atoms with Crippen LogP contribution < -0.4 is 9.64 Å².